The number of ether oxygens (including phenoxy) is 1. The molecule has 0 fully saturated rings. The minimum Gasteiger partial charge on any atom is -0.493 e. The molecular formula is C17H18BrNO2S2. The van der Waals surface area contributed by atoms with E-state index in [1.165, 1.54) is 0 Å². The summed E-state index contributed by atoms with van der Waals surface area (Å²) in [6.45, 7) is 0.580. The van der Waals surface area contributed by atoms with Crippen molar-refractivity contribution in [1.82, 2.24) is 0 Å². The fraction of sp³-hybridized carbons (Fsp3) is 0.235. The normalized spacial score (nSPS) is 10.3. The van der Waals surface area contributed by atoms with Crippen molar-refractivity contribution in [3.05, 3.63) is 53.0 Å². The highest BCUT2D eigenvalue weighted by atomic mass is 79.9. The Morgan fingerprint density at radius 3 is 2.83 bits per heavy atom. The first kappa shape index (κ1) is 18.2. The zero-order valence-corrected chi connectivity index (χ0v) is 16.0. The Morgan fingerprint density at radius 2 is 2.04 bits per heavy atom. The van der Waals surface area contributed by atoms with Crippen LogP contribution in [0.3, 0.4) is 0 Å². The number of carbonyl (C=O) groups is 1. The summed E-state index contributed by atoms with van der Waals surface area (Å²) in [5.41, 5.74) is 0.841. The van der Waals surface area contributed by atoms with Crippen molar-refractivity contribution in [2.45, 2.75) is 4.90 Å². The number of halogens is 1. The number of rotatable bonds is 8. The Kier molecular flexibility index (Phi) is 7.85. The van der Waals surface area contributed by atoms with Gasteiger partial charge in [-0.2, -0.15) is 0 Å². The van der Waals surface area contributed by atoms with E-state index < -0.39 is 0 Å². The van der Waals surface area contributed by atoms with E-state index in [1.54, 1.807) is 23.5 Å². The molecule has 1 amide bonds. The molecule has 0 atom stereocenters. The van der Waals surface area contributed by atoms with Crippen LogP contribution in [0, 0.1) is 0 Å². The number of amides is 1. The van der Waals surface area contributed by atoms with Gasteiger partial charge in [0.05, 0.1) is 12.4 Å². The van der Waals surface area contributed by atoms with Crippen LogP contribution in [-0.4, -0.2) is 30.3 Å². The summed E-state index contributed by atoms with van der Waals surface area (Å²) in [7, 11) is 0. The predicted molar refractivity (Wildman–Crippen MR) is 104 cm³/mol. The molecule has 2 rings (SSSR count). The zero-order chi connectivity index (χ0) is 16.5. The van der Waals surface area contributed by atoms with Gasteiger partial charge in [0.1, 0.15) is 5.75 Å². The third kappa shape index (κ3) is 6.89. The van der Waals surface area contributed by atoms with E-state index >= 15 is 0 Å². The number of carbonyl (C=O) groups excluding carboxylic acids is 1. The van der Waals surface area contributed by atoms with E-state index in [1.807, 2.05) is 54.8 Å². The first-order valence-corrected chi connectivity index (χ1v) is 10.2. The lowest BCUT2D eigenvalue weighted by atomic mass is 10.3. The van der Waals surface area contributed by atoms with Gasteiger partial charge in [0.25, 0.3) is 0 Å². The SMILES string of the molecule is CSc1cccc(NC(=O)CSCCOc2cccc(Br)c2)c1. The van der Waals surface area contributed by atoms with Crippen molar-refractivity contribution in [1.29, 1.82) is 0 Å². The number of anilines is 1. The highest BCUT2D eigenvalue weighted by Gasteiger charge is 2.03. The van der Waals surface area contributed by atoms with Crippen LogP contribution in [0.5, 0.6) is 5.75 Å². The largest absolute Gasteiger partial charge is 0.493 e. The molecule has 0 aliphatic rings. The Bertz CT molecular complexity index is 652. The molecule has 3 nitrogen and oxygen atoms in total. The van der Waals surface area contributed by atoms with Crippen LogP contribution >= 0.6 is 39.5 Å². The summed E-state index contributed by atoms with van der Waals surface area (Å²) < 4.78 is 6.63. The second-order valence-electron chi connectivity index (χ2n) is 4.64. The first-order valence-electron chi connectivity index (χ1n) is 7.07. The van der Waals surface area contributed by atoms with Crippen LogP contribution in [-0.2, 0) is 4.79 Å². The number of hydrogen-bond acceptors (Lipinski definition) is 4. The molecule has 0 heterocycles. The standard InChI is InChI=1S/C17H18BrNO2S2/c1-22-16-7-3-5-14(11-16)19-17(20)12-23-9-8-21-15-6-2-4-13(18)10-15/h2-7,10-11H,8-9,12H2,1H3,(H,19,20). The summed E-state index contributed by atoms with van der Waals surface area (Å²) in [6.07, 6.45) is 2.02. The summed E-state index contributed by atoms with van der Waals surface area (Å²) in [4.78, 5) is 13.0. The van der Waals surface area contributed by atoms with Crippen LogP contribution < -0.4 is 10.1 Å². The minimum atomic E-state index is 0.00992. The molecular weight excluding hydrogens is 394 g/mol. The van der Waals surface area contributed by atoms with Crippen molar-refractivity contribution in [3.63, 3.8) is 0 Å². The highest BCUT2D eigenvalue weighted by molar-refractivity contribution is 9.10. The maximum atomic E-state index is 11.9. The molecule has 0 spiro atoms. The number of hydrogen-bond donors (Lipinski definition) is 1. The third-order valence-electron chi connectivity index (χ3n) is 2.88. The lowest BCUT2D eigenvalue weighted by Crippen LogP contribution is -2.15. The van der Waals surface area contributed by atoms with Crippen molar-refractivity contribution in [2.75, 3.05) is 29.7 Å². The molecule has 0 aliphatic carbocycles. The molecule has 0 aliphatic heterocycles. The van der Waals surface area contributed by atoms with Crippen LogP contribution in [0.2, 0.25) is 0 Å². The smallest absolute Gasteiger partial charge is 0.234 e. The molecule has 1 N–H and O–H groups in total. The summed E-state index contributed by atoms with van der Waals surface area (Å²) in [5, 5.41) is 2.91. The molecule has 0 aromatic heterocycles. The molecule has 0 saturated carbocycles. The van der Waals surface area contributed by atoms with Gasteiger partial charge in [0, 0.05) is 20.8 Å². The zero-order valence-electron chi connectivity index (χ0n) is 12.8. The van der Waals surface area contributed by atoms with Gasteiger partial charge in [-0.1, -0.05) is 28.1 Å². The van der Waals surface area contributed by atoms with Gasteiger partial charge in [-0.25, -0.2) is 0 Å². The van der Waals surface area contributed by atoms with E-state index in [-0.39, 0.29) is 5.91 Å². The van der Waals surface area contributed by atoms with Gasteiger partial charge in [0.15, 0.2) is 0 Å². The van der Waals surface area contributed by atoms with Crippen molar-refractivity contribution in [2.24, 2.45) is 0 Å². The van der Waals surface area contributed by atoms with Gasteiger partial charge < -0.3 is 10.1 Å². The summed E-state index contributed by atoms with van der Waals surface area (Å²) in [6, 6.07) is 15.6. The van der Waals surface area contributed by atoms with Crippen molar-refractivity contribution in [3.8, 4) is 5.75 Å². The van der Waals surface area contributed by atoms with E-state index in [2.05, 4.69) is 21.2 Å². The monoisotopic (exact) mass is 411 g/mol. The van der Waals surface area contributed by atoms with Crippen molar-refractivity contribution >= 4 is 51.0 Å². The maximum Gasteiger partial charge on any atom is 0.234 e. The molecule has 122 valence electrons. The quantitative estimate of drug-likeness (QED) is 0.493. The Balaban J connectivity index is 1.64. The van der Waals surface area contributed by atoms with Gasteiger partial charge in [-0.3, -0.25) is 4.79 Å². The van der Waals surface area contributed by atoms with Crippen LogP contribution in [0.15, 0.2) is 57.9 Å². The first-order chi connectivity index (χ1) is 11.2. The Labute approximate surface area is 153 Å². The average Bonchev–Trinajstić information content (AvgIpc) is 2.55. The second-order valence-corrected chi connectivity index (χ2v) is 7.54. The molecule has 23 heavy (non-hydrogen) atoms. The van der Waals surface area contributed by atoms with E-state index in [0.717, 1.165) is 26.6 Å². The molecule has 2 aromatic rings. The number of benzene rings is 2. The lowest BCUT2D eigenvalue weighted by molar-refractivity contribution is -0.113. The summed E-state index contributed by atoms with van der Waals surface area (Å²) >= 11 is 6.62. The maximum absolute atomic E-state index is 11.9. The Morgan fingerprint density at radius 1 is 1.22 bits per heavy atom. The third-order valence-corrected chi connectivity index (χ3v) is 5.02. The molecule has 0 radical (unpaired) electrons. The minimum absolute atomic E-state index is 0.00992. The lowest BCUT2D eigenvalue weighted by Gasteiger charge is -2.08. The molecule has 6 heteroatoms. The second kappa shape index (κ2) is 9.90. The van der Waals surface area contributed by atoms with Gasteiger partial charge >= 0.3 is 0 Å². The molecule has 0 saturated heterocycles. The van der Waals surface area contributed by atoms with Crippen LogP contribution in [0.25, 0.3) is 0 Å². The number of thioether (sulfide) groups is 2. The predicted octanol–water partition coefficient (Wildman–Crippen LogP) is 4.92. The van der Waals surface area contributed by atoms with E-state index in [4.69, 9.17) is 4.74 Å². The fourth-order valence-electron chi connectivity index (χ4n) is 1.84. The molecule has 2 aromatic carbocycles. The average molecular weight is 412 g/mol. The van der Waals surface area contributed by atoms with Gasteiger partial charge in [0.2, 0.25) is 5.91 Å². The fourth-order valence-corrected chi connectivity index (χ4v) is 3.28. The summed E-state index contributed by atoms with van der Waals surface area (Å²) in [5.74, 6) is 2.03. The van der Waals surface area contributed by atoms with E-state index in [0.29, 0.717) is 12.4 Å². The van der Waals surface area contributed by atoms with Gasteiger partial charge in [-0.05, 0) is 42.7 Å². The topological polar surface area (TPSA) is 38.3 Å². The van der Waals surface area contributed by atoms with Crippen LogP contribution in [0.4, 0.5) is 5.69 Å². The van der Waals surface area contributed by atoms with E-state index in [9.17, 15) is 4.79 Å². The van der Waals surface area contributed by atoms with Gasteiger partial charge in [-0.15, -0.1) is 23.5 Å². The molecule has 0 unspecified atom stereocenters. The van der Waals surface area contributed by atoms with Crippen molar-refractivity contribution < 1.29 is 9.53 Å². The number of nitrogens with one attached hydrogen (secondary N) is 1. The highest BCUT2D eigenvalue weighted by Crippen LogP contribution is 2.19. The Hall–Kier alpha value is -1.11. The van der Waals surface area contributed by atoms with Crippen LogP contribution in [0.1, 0.15) is 0 Å². The molecule has 0 bridgehead atoms.